The molecule has 0 atom stereocenters. The molecule has 5 heteroatoms. The van der Waals surface area contributed by atoms with E-state index in [0.717, 1.165) is 44.3 Å². The molecular weight excluding hydrogens is 965 g/mol. The first-order chi connectivity index (χ1) is 38.2. The normalized spacial score (nSPS) is 12.2. The molecule has 0 bridgehead atoms. The second-order valence-electron chi connectivity index (χ2n) is 20.2. The fourth-order valence-corrected chi connectivity index (χ4v) is 23.2. The molecule has 0 aliphatic carbocycles. The second-order valence-corrected chi connectivity index (χ2v) is 27.8. The SMILES string of the molecule is c1ccc([Si](c2ccccc2)(c2ccccc2)c2cccc(-n3c4ccccc4c4c(-n5c6ccccc6c6c([Si](c7ccccc7)(c7ccccc7)c7cccc8c7oc7ccccc78)cccc65)cccc43)c2)cc1. The molecule has 0 N–H and O–H groups in total. The van der Waals surface area contributed by atoms with Crippen LogP contribution in [-0.2, 0) is 0 Å². The number of rotatable bonds is 10. The highest BCUT2D eigenvalue weighted by molar-refractivity contribution is 7.22. The monoisotopic (exact) mass is 1010 g/mol. The summed E-state index contributed by atoms with van der Waals surface area (Å²) in [7, 11) is -6.07. The predicted octanol–water partition coefficient (Wildman–Crippen LogP) is 12.5. The Balaban J connectivity index is 1.02. The second kappa shape index (κ2) is 18.1. The van der Waals surface area contributed by atoms with Gasteiger partial charge in [-0.3, -0.25) is 0 Å². The summed E-state index contributed by atoms with van der Waals surface area (Å²) in [5, 5.41) is 17.7. The first-order valence-electron chi connectivity index (χ1n) is 26.6. The number of furan rings is 1. The molecule has 3 nitrogen and oxygen atoms in total. The molecule has 0 amide bonds. The molecule has 0 aliphatic rings. The van der Waals surface area contributed by atoms with Gasteiger partial charge in [-0.05, 0) is 90.0 Å². The summed E-state index contributed by atoms with van der Waals surface area (Å²) >= 11 is 0. The molecule has 3 heterocycles. The molecule has 12 aromatic carbocycles. The van der Waals surface area contributed by atoms with Crippen molar-refractivity contribution in [1.29, 1.82) is 0 Å². The fraction of sp³-hybridized carbons (Fsp3) is 0. The zero-order valence-electron chi connectivity index (χ0n) is 42.2. The summed E-state index contributed by atoms with van der Waals surface area (Å²) in [6, 6.07) is 113. The van der Waals surface area contributed by atoms with E-state index in [1.54, 1.807) is 0 Å². The van der Waals surface area contributed by atoms with Gasteiger partial charge >= 0.3 is 0 Å². The van der Waals surface area contributed by atoms with E-state index in [9.17, 15) is 0 Å². The van der Waals surface area contributed by atoms with Crippen LogP contribution in [0.4, 0.5) is 0 Å². The van der Waals surface area contributed by atoms with E-state index in [1.807, 2.05) is 0 Å². The lowest BCUT2D eigenvalue weighted by Gasteiger charge is -2.35. The van der Waals surface area contributed by atoms with E-state index in [1.165, 1.54) is 74.1 Å². The summed E-state index contributed by atoms with van der Waals surface area (Å²) in [6.45, 7) is 0. The Bertz CT molecular complexity index is 4540. The highest BCUT2D eigenvalue weighted by Gasteiger charge is 2.46. The molecule has 0 spiro atoms. The summed E-state index contributed by atoms with van der Waals surface area (Å²) in [5.41, 5.74) is 8.78. The van der Waals surface area contributed by atoms with E-state index in [4.69, 9.17) is 4.42 Å². The third-order valence-electron chi connectivity index (χ3n) is 16.4. The van der Waals surface area contributed by atoms with Crippen molar-refractivity contribution >= 4 is 123 Å². The summed E-state index contributed by atoms with van der Waals surface area (Å²) in [4.78, 5) is 0. The predicted molar refractivity (Wildman–Crippen MR) is 330 cm³/mol. The molecule has 0 saturated carbocycles. The van der Waals surface area contributed by atoms with Crippen molar-refractivity contribution in [3.8, 4) is 11.4 Å². The van der Waals surface area contributed by atoms with Crippen molar-refractivity contribution in [2.45, 2.75) is 0 Å². The number of hydrogen-bond donors (Lipinski definition) is 0. The van der Waals surface area contributed by atoms with Gasteiger partial charge in [-0.1, -0.05) is 255 Å². The van der Waals surface area contributed by atoms with Crippen molar-refractivity contribution in [2.24, 2.45) is 0 Å². The molecular formula is C72H50N2OSi2. The minimum atomic E-state index is -3.24. The minimum absolute atomic E-state index is 0.901. The Labute approximate surface area is 448 Å². The van der Waals surface area contributed by atoms with E-state index in [0.29, 0.717) is 0 Å². The van der Waals surface area contributed by atoms with E-state index >= 15 is 0 Å². The molecule has 0 unspecified atom stereocenters. The average molecular weight is 1020 g/mol. The van der Waals surface area contributed by atoms with Gasteiger partial charge < -0.3 is 13.6 Å². The zero-order chi connectivity index (χ0) is 50.9. The molecule has 77 heavy (non-hydrogen) atoms. The Hall–Kier alpha value is -9.53. The van der Waals surface area contributed by atoms with Gasteiger partial charge in [-0.15, -0.1) is 0 Å². The highest BCUT2D eigenvalue weighted by Crippen LogP contribution is 2.40. The average Bonchev–Trinajstić information content (AvgIpc) is 4.38. The maximum Gasteiger partial charge on any atom is 0.184 e. The van der Waals surface area contributed by atoms with Crippen molar-refractivity contribution in [3.05, 3.63) is 303 Å². The lowest BCUT2D eigenvalue weighted by molar-refractivity contribution is 0.671. The van der Waals surface area contributed by atoms with Crippen LogP contribution in [0.2, 0.25) is 0 Å². The number of nitrogens with zero attached hydrogens (tertiary/aromatic N) is 2. The number of fused-ring (bicyclic) bond motifs is 9. The van der Waals surface area contributed by atoms with Crippen LogP contribution in [0, 0.1) is 0 Å². The van der Waals surface area contributed by atoms with Gasteiger partial charge in [0, 0.05) is 38.0 Å². The van der Waals surface area contributed by atoms with Crippen molar-refractivity contribution in [1.82, 2.24) is 9.13 Å². The number of aromatic nitrogens is 2. The Morgan fingerprint density at radius 3 is 1.26 bits per heavy atom. The van der Waals surface area contributed by atoms with Gasteiger partial charge in [0.2, 0.25) is 0 Å². The minimum Gasteiger partial charge on any atom is -0.456 e. The molecule has 15 rings (SSSR count). The van der Waals surface area contributed by atoms with Crippen molar-refractivity contribution in [3.63, 3.8) is 0 Å². The quantitative estimate of drug-likeness (QED) is 0.0989. The maximum atomic E-state index is 7.08. The Morgan fingerprint density at radius 1 is 0.260 bits per heavy atom. The first-order valence-corrected chi connectivity index (χ1v) is 30.6. The molecule has 3 aromatic heterocycles. The first kappa shape index (κ1) is 44.9. The van der Waals surface area contributed by atoms with Crippen LogP contribution >= 0.6 is 0 Å². The van der Waals surface area contributed by atoms with Crippen LogP contribution in [0.3, 0.4) is 0 Å². The molecule has 0 fully saturated rings. The van der Waals surface area contributed by atoms with Crippen LogP contribution < -0.4 is 41.5 Å². The number of benzene rings is 12. The fourth-order valence-electron chi connectivity index (χ4n) is 13.4. The number of para-hydroxylation sites is 4. The molecule has 0 aliphatic heterocycles. The third kappa shape index (κ3) is 6.67. The maximum absolute atomic E-state index is 7.08. The van der Waals surface area contributed by atoms with Gasteiger partial charge in [-0.2, -0.15) is 0 Å². The smallest absolute Gasteiger partial charge is 0.184 e. The largest absolute Gasteiger partial charge is 0.456 e. The Morgan fingerprint density at radius 2 is 0.662 bits per heavy atom. The zero-order valence-corrected chi connectivity index (χ0v) is 44.2. The van der Waals surface area contributed by atoms with E-state index in [-0.39, 0.29) is 0 Å². The highest BCUT2D eigenvalue weighted by atomic mass is 28.3. The van der Waals surface area contributed by atoms with Gasteiger partial charge in [0.05, 0.1) is 27.8 Å². The Kier molecular flexibility index (Phi) is 10.6. The van der Waals surface area contributed by atoms with Crippen LogP contribution in [0.5, 0.6) is 0 Å². The summed E-state index contributed by atoms with van der Waals surface area (Å²) in [5.74, 6) is 0. The van der Waals surface area contributed by atoms with Gasteiger partial charge in [0.25, 0.3) is 0 Å². The van der Waals surface area contributed by atoms with Crippen molar-refractivity contribution < 1.29 is 4.42 Å². The van der Waals surface area contributed by atoms with E-state index in [2.05, 4.69) is 312 Å². The topological polar surface area (TPSA) is 23.0 Å². The lowest BCUT2D eigenvalue weighted by atomic mass is 10.1. The standard InChI is InChI=1S/C72H50N2OSi2/c1-6-27-52(28-7-1)76(53-29-8-2-9-30-53,54-31-10-3-11-32-54)57-37-22-26-51(50-57)73-62-42-19-16-39-60(62)70-64(73)44-24-45-65(70)74-63-43-20-17-40-61(63)71-66(74)46-25-48-68(71)77(55-33-12-4-13-34-55,56-35-14-5-15-36-56)69-49-23-41-59-58-38-18-21-47-67(58)75-72(59)69/h1-50H. The van der Waals surface area contributed by atoms with Crippen LogP contribution in [0.1, 0.15) is 0 Å². The summed E-state index contributed by atoms with van der Waals surface area (Å²) < 4.78 is 12.1. The van der Waals surface area contributed by atoms with Gasteiger partial charge in [0.1, 0.15) is 11.2 Å². The molecule has 0 saturated heterocycles. The third-order valence-corrected chi connectivity index (χ3v) is 26.0. The summed E-state index contributed by atoms with van der Waals surface area (Å²) in [6.07, 6.45) is 0. The van der Waals surface area contributed by atoms with Crippen molar-refractivity contribution in [2.75, 3.05) is 0 Å². The van der Waals surface area contributed by atoms with Crippen LogP contribution in [0.25, 0.3) is 76.9 Å². The van der Waals surface area contributed by atoms with Gasteiger partial charge in [0.15, 0.2) is 16.1 Å². The lowest BCUT2D eigenvalue weighted by Crippen LogP contribution is -2.75. The number of hydrogen-bond acceptors (Lipinski definition) is 1. The molecule has 0 radical (unpaired) electrons. The van der Waals surface area contributed by atoms with Crippen LogP contribution in [0.15, 0.2) is 308 Å². The van der Waals surface area contributed by atoms with Crippen LogP contribution in [-0.4, -0.2) is 25.3 Å². The van der Waals surface area contributed by atoms with Gasteiger partial charge in [-0.25, -0.2) is 0 Å². The van der Waals surface area contributed by atoms with E-state index < -0.39 is 16.1 Å². The molecule has 15 aromatic rings. The molecule has 362 valence electrons.